The lowest BCUT2D eigenvalue weighted by Gasteiger charge is -2.37. The molecule has 1 unspecified atom stereocenters. The van der Waals surface area contributed by atoms with Crippen LogP contribution in [-0.2, 0) is 9.63 Å². The standard InChI is InChI=1S/C8H13NO2/c10-8-5-1-3-7-4-2-6-11-9(7)8/h7H,1-6H2. The molecule has 1 amide bonds. The fourth-order valence-corrected chi connectivity index (χ4v) is 1.84. The molecule has 3 heteroatoms. The number of hydroxylamine groups is 2. The fraction of sp³-hybridized carbons (Fsp3) is 0.875. The van der Waals surface area contributed by atoms with E-state index in [1.54, 1.807) is 5.06 Å². The van der Waals surface area contributed by atoms with Gasteiger partial charge in [0.15, 0.2) is 0 Å². The molecule has 2 fully saturated rings. The summed E-state index contributed by atoms with van der Waals surface area (Å²) < 4.78 is 0. The van der Waals surface area contributed by atoms with Crippen molar-refractivity contribution in [1.82, 2.24) is 5.06 Å². The summed E-state index contributed by atoms with van der Waals surface area (Å²) in [4.78, 5) is 16.5. The van der Waals surface area contributed by atoms with E-state index < -0.39 is 0 Å². The SMILES string of the molecule is O=C1CCCC2CCCON12. The summed E-state index contributed by atoms with van der Waals surface area (Å²) in [6.07, 6.45) is 5.09. The minimum absolute atomic E-state index is 0.181. The molecule has 11 heavy (non-hydrogen) atoms. The molecular weight excluding hydrogens is 142 g/mol. The van der Waals surface area contributed by atoms with E-state index in [0.717, 1.165) is 32.3 Å². The first-order chi connectivity index (χ1) is 5.38. The zero-order valence-electron chi connectivity index (χ0n) is 6.58. The average molecular weight is 155 g/mol. The van der Waals surface area contributed by atoms with Crippen LogP contribution in [-0.4, -0.2) is 23.6 Å². The van der Waals surface area contributed by atoms with E-state index in [-0.39, 0.29) is 5.91 Å². The van der Waals surface area contributed by atoms with E-state index in [0.29, 0.717) is 12.5 Å². The van der Waals surface area contributed by atoms with Crippen molar-refractivity contribution in [2.24, 2.45) is 0 Å². The van der Waals surface area contributed by atoms with Gasteiger partial charge in [-0.25, -0.2) is 5.06 Å². The summed E-state index contributed by atoms with van der Waals surface area (Å²) in [5.41, 5.74) is 0. The predicted octanol–water partition coefficient (Wildman–Crippen LogP) is 1.09. The number of hydrogen-bond donors (Lipinski definition) is 0. The fourth-order valence-electron chi connectivity index (χ4n) is 1.84. The second-order valence-electron chi connectivity index (χ2n) is 3.24. The molecule has 0 aromatic heterocycles. The van der Waals surface area contributed by atoms with Gasteiger partial charge in [-0.15, -0.1) is 0 Å². The quantitative estimate of drug-likeness (QED) is 0.524. The maximum atomic E-state index is 11.2. The topological polar surface area (TPSA) is 29.5 Å². The van der Waals surface area contributed by atoms with E-state index in [4.69, 9.17) is 4.84 Å². The largest absolute Gasteiger partial charge is 0.273 e. The Bertz CT molecular complexity index is 167. The Balaban J connectivity index is 2.05. The molecule has 0 aliphatic carbocycles. The van der Waals surface area contributed by atoms with Crippen molar-refractivity contribution in [2.45, 2.75) is 38.1 Å². The Labute approximate surface area is 66.3 Å². The molecule has 2 rings (SSSR count). The van der Waals surface area contributed by atoms with Gasteiger partial charge in [-0.05, 0) is 25.7 Å². The van der Waals surface area contributed by atoms with Crippen molar-refractivity contribution in [3.05, 3.63) is 0 Å². The van der Waals surface area contributed by atoms with Crippen molar-refractivity contribution in [3.63, 3.8) is 0 Å². The van der Waals surface area contributed by atoms with E-state index >= 15 is 0 Å². The summed E-state index contributed by atoms with van der Waals surface area (Å²) in [5.74, 6) is 0.181. The van der Waals surface area contributed by atoms with Gasteiger partial charge in [0.05, 0.1) is 12.6 Å². The number of fused-ring (bicyclic) bond motifs is 1. The zero-order valence-corrected chi connectivity index (χ0v) is 6.58. The molecule has 0 aromatic rings. The van der Waals surface area contributed by atoms with Gasteiger partial charge < -0.3 is 0 Å². The Morgan fingerprint density at radius 2 is 2.18 bits per heavy atom. The van der Waals surface area contributed by atoms with Gasteiger partial charge >= 0.3 is 0 Å². The molecule has 0 spiro atoms. The number of hydrogen-bond acceptors (Lipinski definition) is 2. The molecule has 0 bridgehead atoms. The Hall–Kier alpha value is -0.570. The number of amides is 1. The van der Waals surface area contributed by atoms with Crippen molar-refractivity contribution in [2.75, 3.05) is 6.61 Å². The van der Waals surface area contributed by atoms with Gasteiger partial charge in [0.1, 0.15) is 0 Å². The molecule has 0 radical (unpaired) electrons. The van der Waals surface area contributed by atoms with Gasteiger partial charge in [-0.1, -0.05) is 0 Å². The van der Waals surface area contributed by atoms with Crippen LogP contribution in [0.1, 0.15) is 32.1 Å². The van der Waals surface area contributed by atoms with Crippen LogP contribution in [0.15, 0.2) is 0 Å². The highest BCUT2D eigenvalue weighted by Gasteiger charge is 2.31. The molecule has 3 nitrogen and oxygen atoms in total. The van der Waals surface area contributed by atoms with Crippen LogP contribution in [0, 0.1) is 0 Å². The highest BCUT2D eigenvalue weighted by Crippen LogP contribution is 2.25. The number of rotatable bonds is 0. The average Bonchev–Trinajstić information content (AvgIpc) is 2.06. The van der Waals surface area contributed by atoms with E-state index in [1.807, 2.05) is 0 Å². The van der Waals surface area contributed by atoms with Crippen molar-refractivity contribution in [3.8, 4) is 0 Å². The van der Waals surface area contributed by atoms with Gasteiger partial charge in [0.25, 0.3) is 0 Å². The Morgan fingerprint density at radius 1 is 1.36 bits per heavy atom. The highest BCUT2D eigenvalue weighted by atomic mass is 16.7. The summed E-state index contributed by atoms with van der Waals surface area (Å²) in [6.45, 7) is 0.724. The maximum absolute atomic E-state index is 11.2. The molecule has 2 saturated heterocycles. The third-order valence-electron chi connectivity index (χ3n) is 2.42. The molecule has 2 aliphatic heterocycles. The van der Waals surface area contributed by atoms with Crippen LogP contribution in [0.2, 0.25) is 0 Å². The molecule has 2 aliphatic rings. The molecule has 1 atom stereocenters. The summed E-state index contributed by atoms with van der Waals surface area (Å²) >= 11 is 0. The Morgan fingerprint density at radius 3 is 3.00 bits per heavy atom. The van der Waals surface area contributed by atoms with Gasteiger partial charge in [-0.3, -0.25) is 9.63 Å². The van der Waals surface area contributed by atoms with Gasteiger partial charge in [0.2, 0.25) is 5.91 Å². The lowest BCUT2D eigenvalue weighted by molar-refractivity contribution is -0.221. The van der Waals surface area contributed by atoms with Crippen LogP contribution >= 0.6 is 0 Å². The first-order valence-electron chi connectivity index (χ1n) is 4.33. The number of carbonyl (C=O) groups excluding carboxylic acids is 1. The normalized spacial score (nSPS) is 31.8. The maximum Gasteiger partial charge on any atom is 0.246 e. The lowest BCUT2D eigenvalue weighted by Crippen LogP contribution is -2.46. The minimum atomic E-state index is 0.181. The minimum Gasteiger partial charge on any atom is -0.273 e. The van der Waals surface area contributed by atoms with Crippen molar-refractivity contribution in [1.29, 1.82) is 0 Å². The highest BCUT2D eigenvalue weighted by molar-refractivity contribution is 5.76. The molecule has 62 valence electrons. The number of piperidine rings is 1. The van der Waals surface area contributed by atoms with E-state index in [2.05, 4.69) is 0 Å². The van der Waals surface area contributed by atoms with Crippen LogP contribution in [0.25, 0.3) is 0 Å². The zero-order chi connectivity index (χ0) is 7.68. The molecule has 0 aromatic carbocycles. The first-order valence-corrected chi connectivity index (χ1v) is 4.33. The monoisotopic (exact) mass is 155 g/mol. The molecule has 0 saturated carbocycles. The van der Waals surface area contributed by atoms with Gasteiger partial charge in [0, 0.05) is 6.42 Å². The summed E-state index contributed by atoms with van der Waals surface area (Å²) in [6, 6.07) is 0.394. The van der Waals surface area contributed by atoms with Crippen LogP contribution < -0.4 is 0 Å². The van der Waals surface area contributed by atoms with E-state index in [1.165, 1.54) is 0 Å². The van der Waals surface area contributed by atoms with E-state index in [9.17, 15) is 4.79 Å². The van der Waals surface area contributed by atoms with Crippen LogP contribution in [0.3, 0.4) is 0 Å². The summed E-state index contributed by atoms with van der Waals surface area (Å²) in [7, 11) is 0. The Kier molecular flexibility index (Phi) is 1.82. The third-order valence-corrected chi connectivity index (χ3v) is 2.42. The van der Waals surface area contributed by atoms with Crippen molar-refractivity contribution < 1.29 is 9.63 Å². The smallest absolute Gasteiger partial charge is 0.246 e. The first kappa shape index (κ1) is 7.10. The molecule has 2 heterocycles. The second kappa shape index (κ2) is 2.81. The lowest BCUT2D eigenvalue weighted by atomic mass is 9.99. The predicted molar refractivity (Wildman–Crippen MR) is 39.7 cm³/mol. The van der Waals surface area contributed by atoms with Gasteiger partial charge in [-0.2, -0.15) is 0 Å². The number of nitrogens with zero attached hydrogens (tertiary/aromatic N) is 1. The third kappa shape index (κ3) is 1.25. The number of carbonyl (C=O) groups is 1. The van der Waals surface area contributed by atoms with Crippen molar-refractivity contribution >= 4 is 5.91 Å². The summed E-state index contributed by atoms with van der Waals surface area (Å²) in [5, 5.41) is 1.60. The molecular formula is C8H13NO2. The van der Waals surface area contributed by atoms with Crippen LogP contribution in [0.5, 0.6) is 0 Å². The molecule has 0 N–H and O–H groups in total. The second-order valence-corrected chi connectivity index (χ2v) is 3.24. The van der Waals surface area contributed by atoms with Crippen LogP contribution in [0.4, 0.5) is 0 Å².